The molecule has 6 nitrogen and oxygen atoms in total. The van der Waals surface area contributed by atoms with Crippen LogP contribution in [0.15, 0.2) is 30.5 Å². The van der Waals surface area contributed by atoms with Crippen LogP contribution in [0.5, 0.6) is 5.75 Å². The minimum atomic E-state index is -0.410. The fourth-order valence-corrected chi connectivity index (χ4v) is 2.27. The van der Waals surface area contributed by atoms with Crippen LogP contribution in [0.3, 0.4) is 0 Å². The number of hydrogen-bond donors (Lipinski definition) is 1. The summed E-state index contributed by atoms with van der Waals surface area (Å²) in [5.41, 5.74) is 6.28. The Labute approximate surface area is 109 Å². The van der Waals surface area contributed by atoms with Crippen LogP contribution >= 0.6 is 0 Å². The van der Waals surface area contributed by atoms with Gasteiger partial charge in [-0.2, -0.15) is 0 Å². The van der Waals surface area contributed by atoms with Crippen molar-refractivity contribution in [3.05, 3.63) is 40.6 Å². The number of benzene rings is 1. The van der Waals surface area contributed by atoms with E-state index in [1.807, 2.05) is 0 Å². The summed E-state index contributed by atoms with van der Waals surface area (Å²) in [6.07, 6.45) is 3.31. The van der Waals surface area contributed by atoms with Gasteiger partial charge < -0.3 is 10.5 Å². The van der Waals surface area contributed by atoms with Crippen LogP contribution in [0, 0.1) is 10.1 Å². The van der Waals surface area contributed by atoms with E-state index in [1.54, 1.807) is 24.4 Å². The lowest BCUT2D eigenvalue weighted by atomic mass is 9.90. The topological polar surface area (TPSA) is 91.3 Å². The second-order valence-corrected chi connectivity index (χ2v) is 4.71. The zero-order valence-corrected chi connectivity index (χ0v) is 10.2. The maximum absolute atomic E-state index is 11.0. The van der Waals surface area contributed by atoms with Crippen molar-refractivity contribution in [1.82, 2.24) is 4.98 Å². The molecule has 1 fully saturated rings. The first-order chi connectivity index (χ1) is 9.15. The summed E-state index contributed by atoms with van der Waals surface area (Å²) < 4.78 is 5.80. The summed E-state index contributed by atoms with van der Waals surface area (Å²) >= 11 is 0. The summed E-state index contributed by atoms with van der Waals surface area (Å²) in [5.74, 6) is 0.582. The van der Waals surface area contributed by atoms with Crippen molar-refractivity contribution in [2.75, 3.05) is 0 Å². The van der Waals surface area contributed by atoms with Gasteiger partial charge in [0, 0.05) is 18.3 Å². The Bertz CT molecular complexity index is 638. The summed E-state index contributed by atoms with van der Waals surface area (Å²) in [6.45, 7) is 0. The van der Waals surface area contributed by atoms with Gasteiger partial charge in [0.25, 0.3) is 5.69 Å². The van der Waals surface area contributed by atoms with E-state index in [2.05, 4.69) is 4.98 Å². The summed E-state index contributed by atoms with van der Waals surface area (Å²) in [6, 6.07) is 6.62. The molecule has 0 bridgehead atoms. The van der Waals surface area contributed by atoms with Crippen LogP contribution < -0.4 is 10.5 Å². The highest BCUT2D eigenvalue weighted by atomic mass is 16.6. The third-order valence-corrected chi connectivity index (χ3v) is 3.33. The molecule has 0 saturated heterocycles. The van der Waals surface area contributed by atoms with Crippen LogP contribution in [0.4, 0.5) is 5.69 Å². The molecule has 0 amide bonds. The fraction of sp³-hybridized carbons (Fsp3) is 0.308. The van der Waals surface area contributed by atoms with Gasteiger partial charge in [-0.3, -0.25) is 15.1 Å². The lowest BCUT2D eigenvalue weighted by molar-refractivity contribution is -0.383. The lowest BCUT2D eigenvalue weighted by Gasteiger charge is -2.32. The summed E-state index contributed by atoms with van der Waals surface area (Å²) in [5, 5.41) is 11.5. The van der Waals surface area contributed by atoms with Crippen LogP contribution in [-0.4, -0.2) is 22.1 Å². The first-order valence-corrected chi connectivity index (χ1v) is 6.09. The van der Waals surface area contributed by atoms with Gasteiger partial charge in [-0.15, -0.1) is 0 Å². The van der Waals surface area contributed by atoms with E-state index >= 15 is 0 Å². The molecule has 98 valence electrons. The smallest absolute Gasteiger partial charge is 0.279 e. The molecule has 1 aromatic heterocycles. The molecule has 0 spiro atoms. The zero-order valence-electron chi connectivity index (χ0n) is 10.2. The van der Waals surface area contributed by atoms with Crippen molar-refractivity contribution in [2.45, 2.75) is 25.0 Å². The third-order valence-electron chi connectivity index (χ3n) is 3.33. The van der Waals surface area contributed by atoms with E-state index in [-0.39, 0.29) is 17.8 Å². The molecule has 1 aliphatic carbocycles. The molecule has 6 heteroatoms. The largest absolute Gasteiger partial charge is 0.488 e. The summed E-state index contributed by atoms with van der Waals surface area (Å²) in [4.78, 5) is 14.8. The first-order valence-electron chi connectivity index (χ1n) is 6.09. The first kappa shape index (κ1) is 11.9. The summed E-state index contributed by atoms with van der Waals surface area (Å²) in [7, 11) is 0. The highest BCUT2D eigenvalue weighted by Crippen LogP contribution is 2.33. The van der Waals surface area contributed by atoms with Gasteiger partial charge in [0.2, 0.25) is 0 Å². The number of ether oxygens (including phenoxy) is 1. The fourth-order valence-electron chi connectivity index (χ4n) is 2.27. The molecule has 1 saturated carbocycles. The second kappa shape index (κ2) is 4.47. The van der Waals surface area contributed by atoms with Crippen molar-refractivity contribution in [3.63, 3.8) is 0 Å². The van der Waals surface area contributed by atoms with E-state index in [0.29, 0.717) is 16.7 Å². The van der Waals surface area contributed by atoms with Gasteiger partial charge in [-0.05, 0) is 31.0 Å². The molecule has 0 radical (unpaired) electrons. The molecule has 2 aromatic rings. The standard InChI is InChI=1S/C13H13N3O3/c14-8-6-9(7-8)19-12-4-3-11(16(17)18)10-2-1-5-15-13(10)12/h1-5,8-9H,6-7,14H2. The lowest BCUT2D eigenvalue weighted by Crippen LogP contribution is -2.43. The Balaban J connectivity index is 2.01. The highest BCUT2D eigenvalue weighted by Gasteiger charge is 2.28. The Hall–Kier alpha value is -2.21. The van der Waals surface area contributed by atoms with Crippen molar-refractivity contribution in [1.29, 1.82) is 0 Å². The zero-order chi connectivity index (χ0) is 13.4. The molecule has 0 atom stereocenters. The molecule has 2 N–H and O–H groups in total. The van der Waals surface area contributed by atoms with Crippen LogP contribution in [-0.2, 0) is 0 Å². The molecule has 1 aromatic carbocycles. The maximum Gasteiger partial charge on any atom is 0.279 e. The Morgan fingerprint density at radius 2 is 2.16 bits per heavy atom. The normalized spacial score (nSPS) is 21.9. The molecular formula is C13H13N3O3. The molecular weight excluding hydrogens is 246 g/mol. The van der Waals surface area contributed by atoms with Gasteiger partial charge in [0.05, 0.1) is 10.3 Å². The molecule has 19 heavy (non-hydrogen) atoms. The Morgan fingerprint density at radius 1 is 1.37 bits per heavy atom. The average molecular weight is 259 g/mol. The Kier molecular flexibility index (Phi) is 2.79. The van der Waals surface area contributed by atoms with Crippen molar-refractivity contribution in [3.8, 4) is 5.75 Å². The molecule has 0 aliphatic heterocycles. The van der Waals surface area contributed by atoms with Crippen molar-refractivity contribution in [2.24, 2.45) is 5.73 Å². The number of pyridine rings is 1. The number of nitrogens with two attached hydrogens (primary N) is 1. The van der Waals surface area contributed by atoms with Gasteiger partial charge >= 0.3 is 0 Å². The van der Waals surface area contributed by atoms with Gasteiger partial charge in [-0.25, -0.2) is 0 Å². The van der Waals surface area contributed by atoms with Gasteiger partial charge in [-0.1, -0.05) is 0 Å². The predicted octanol–water partition coefficient (Wildman–Crippen LogP) is 2.01. The van der Waals surface area contributed by atoms with E-state index in [0.717, 1.165) is 12.8 Å². The monoisotopic (exact) mass is 259 g/mol. The van der Waals surface area contributed by atoms with Crippen molar-refractivity contribution < 1.29 is 9.66 Å². The van der Waals surface area contributed by atoms with Crippen molar-refractivity contribution >= 4 is 16.6 Å². The predicted molar refractivity (Wildman–Crippen MR) is 70.0 cm³/mol. The average Bonchev–Trinajstić information content (AvgIpc) is 2.36. The maximum atomic E-state index is 11.0. The molecule has 3 rings (SSSR count). The van der Waals surface area contributed by atoms with Crippen LogP contribution in [0.1, 0.15) is 12.8 Å². The number of fused-ring (bicyclic) bond motifs is 1. The van der Waals surface area contributed by atoms with E-state index in [4.69, 9.17) is 10.5 Å². The van der Waals surface area contributed by atoms with Crippen LogP contribution in [0.2, 0.25) is 0 Å². The number of nitrogens with zero attached hydrogens (tertiary/aromatic N) is 2. The van der Waals surface area contributed by atoms with Gasteiger partial charge in [0.15, 0.2) is 0 Å². The van der Waals surface area contributed by atoms with E-state index in [1.165, 1.54) is 6.07 Å². The van der Waals surface area contributed by atoms with E-state index in [9.17, 15) is 10.1 Å². The number of nitro groups is 1. The number of aromatic nitrogens is 1. The van der Waals surface area contributed by atoms with Crippen LogP contribution in [0.25, 0.3) is 10.9 Å². The Morgan fingerprint density at radius 3 is 2.84 bits per heavy atom. The quantitative estimate of drug-likeness (QED) is 0.672. The number of rotatable bonds is 3. The highest BCUT2D eigenvalue weighted by molar-refractivity contribution is 5.92. The molecule has 1 heterocycles. The number of hydrogen-bond acceptors (Lipinski definition) is 5. The second-order valence-electron chi connectivity index (χ2n) is 4.71. The molecule has 1 aliphatic rings. The number of nitro benzene ring substituents is 1. The SMILES string of the molecule is NC1CC(Oc2ccc([N+](=O)[O-])c3cccnc23)C1. The third kappa shape index (κ3) is 2.10. The molecule has 0 unspecified atom stereocenters. The minimum Gasteiger partial charge on any atom is -0.488 e. The minimum absolute atomic E-state index is 0.0424. The van der Waals surface area contributed by atoms with E-state index < -0.39 is 4.92 Å². The number of non-ortho nitro benzene ring substituents is 1. The van der Waals surface area contributed by atoms with Gasteiger partial charge in [0.1, 0.15) is 17.4 Å².